The number of thiocarbonyl (C=S) groups is 1. The van der Waals surface area contributed by atoms with Gasteiger partial charge in [0.25, 0.3) is 5.91 Å². The molecule has 0 aliphatic heterocycles. The van der Waals surface area contributed by atoms with Crippen LogP contribution in [0.2, 0.25) is 5.02 Å². The summed E-state index contributed by atoms with van der Waals surface area (Å²) in [6, 6.07) is 11.5. The lowest BCUT2D eigenvalue weighted by molar-refractivity contribution is 0.0601. The summed E-state index contributed by atoms with van der Waals surface area (Å²) in [6.07, 6.45) is 0. The molecular weight excluding hydrogens is 394 g/mol. The number of hydrogen-bond acceptors (Lipinski definition) is 6. The van der Waals surface area contributed by atoms with E-state index in [9.17, 15) is 9.59 Å². The fourth-order valence-corrected chi connectivity index (χ4v) is 3.42. The van der Waals surface area contributed by atoms with Crippen molar-refractivity contribution < 1.29 is 14.3 Å². The van der Waals surface area contributed by atoms with Gasteiger partial charge in [-0.3, -0.25) is 10.1 Å². The van der Waals surface area contributed by atoms with Crippen LogP contribution in [0.15, 0.2) is 42.5 Å². The van der Waals surface area contributed by atoms with Gasteiger partial charge >= 0.3 is 5.97 Å². The number of carbonyl (C=O) groups is 2. The average Bonchev–Trinajstić information content (AvgIpc) is 3.02. The van der Waals surface area contributed by atoms with Gasteiger partial charge in [0.15, 0.2) is 10.2 Å². The first kappa shape index (κ1) is 18.2. The number of nitrogens with one attached hydrogen (secondary N) is 2. The van der Waals surface area contributed by atoms with E-state index in [1.54, 1.807) is 42.5 Å². The van der Waals surface area contributed by atoms with Gasteiger partial charge < -0.3 is 10.1 Å². The van der Waals surface area contributed by atoms with E-state index in [4.69, 9.17) is 28.6 Å². The summed E-state index contributed by atoms with van der Waals surface area (Å²) in [7, 11) is 1.33. The van der Waals surface area contributed by atoms with Crippen LogP contribution in [0.25, 0.3) is 10.2 Å². The third kappa shape index (κ3) is 4.16. The minimum atomic E-state index is -0.416. The van der Waals surface area contributed by atoms with Crippen LogP contribution >= 0.6 is 35.2 Å². The zero-order valence-electron chi connectivity index (χ0n) is 13.4. The largest absolute Gasteiger partial charge is 0.465 e. The Labute approximate surface area is 163 Å². The van der Waals surface area contributed by atoms with Crippen LogP contribution in [0.5, 0.6) is 0 Å². The average molecular weight is 406 g/mol. The van der Waals surface area contributed by atoms with Gasteiger partial charge in [-0.2, -0.15) is 0 Å². The second-order valence-electron chi connectivity index (χ2n) is 5.11. The molecule has 0 bridgehead atoms. The summed E-state index contributed by atoms with van der Waals surface area (Å²) in [5.41, 5.74) is 1.58. The summed E-state index contributed by atoms with van der Waals surface area (Å²) in [5, 5.41) is 6.62. The lowest BCUT2D eigenvalue weighted by Crippen LogP contribution is -2.34. The van der Waals surface area contributed by atoms with Gasteiger partial charge in [0.2, 0.25) is 0 Å². The molecule has 9 heteroatoms. The molecule has 0 aliphatic rings. The molecule has 0 unspecified atom stereocenters. The molecule has 0 fully saturated rings. The van der Waals surface area contributed by atoms with Crippen LogP contribution in [0.4, 0.5) is 5.13 Å². The Kier molecular flexibility index (Phi) is 5.46. The number of nitrogens with zero attached hydrogens (tertiary/aromatic N) is 1. The van der Waals surface area contributed by atoms with Crippen molar-refractivity contribution in [2.24, 2.45) is 0 Å². The van der Waals surface area contributed by atoms with E-state index >= 15 is 0 Å². The molecule has 1 amide bonds. The molecule has 0 saturated carbocycles. The zero-order valence-corrected chi connectivity index (χ0v) is 15.8. The smallest absolute Gasteiger partial charge is 0.337 e. The normalized spacial score (nSPS) is 10.4. The predicted octanol–water partition coefficient (Wildman–Crippen LogP) is 3.86. The topological polar surface area (TPSA) is 80.3 Å². The molecule has 2 N–H and O–H groups in total. The molecule has 0 spiro atoms. The van der Waals surface area contributed by atoms with E-state index in [2.05, 4.69) is 15.6 Å². The summed E-state index contributed by atoms with van der Waals surface area (Å²) >= 11 is 12.3. The molecular formula is C17H12ClN3O3S2. The third-order valence-corrected chi connectivity index (χ3v) is 4.75. The lowest BCUT2D eigenvalue weighted by atomic mass is 10.2. The van der Waals surface area contributed by atoms with Gasteiger partial charge in [-0.1, -0.05) is 22.9 Å². The van der Waals surface area contributed by atoms with E-state index in [0.29, 0.717) is 26.8 Å². The van der Waals surface area contributed by atoms with Crippen molar-refractivity contribution in [1.82, 2.24) is 10.3 Å². The Morgan fingerprint density at radius 2 is 1.85 bits per heavy atom. The molecule has 3 rings (SSSR count). The highest BCUT2D eigenvalue weighted by Gasteiger charge is 2.12. The molecule has 1 heterocycles. The number of aromatic nitrogens is 1. The van der Waals surface area contributed by atoms with Crippen molar-refractivity contribution in [2.75, 3.05) is 12.4 Å². The number of hydrogen-bond donors (Lipinski definition) is 2. The van der Waals surface area contributed by atoms with Crippen LogP contribution in [-0.2, 0) is 4.74 Å². The number of rotatable bonds is 3. The van der Waals surface area contributed by atoms with Gasteiger partial charge in [0, 0.05) is 10.6 Å². The number of methoxy groups -OCH3 is 1. The summed E-state index contributed by atoms with van der Waals surface area (Å²) in [5.74, 6) is -0.770. The highest BCUT2D eigenvalue weighted by atomic mass is 35.5. The maximum atomic E-state index is 12.1. The summed E-state index contributed by atoms with van der Waals surface area (Å²) < 4.78 is 5.50. The van der Waals surface area contributed by atoms with Crippen LogP contribution in [0.1, 0.15) is 20.7 Å². The van der Waals surface area contributed by atoms with Crippen molar-refractivity contribution >= 4 is 67.5 Å². The molecule has 132 valence electrons. The van der Waals surface area contributed by atoms with Crippen molar-refractivity contribution in [1.29, 1.82) is 0 Å². The molecule has 2 aromatic carbocycles. The predicted molar refractivity (Wildman–Crippen MR) is 106 cm³/mol. The second kappa shape index (κ2) is 7.77. The quantitative estimate of drug-likeness (QED) is 0.508. The number of amides is 1. The van der Waals surface area contributed by atoms with Gasteiger partial charge in [0.1, 0.15) is 0 Å². The van der Waals surface area contributed by atoms with Crippen molar-refractivity contribution in [3.05, 3.63) is 58.6 Å². The molecule has 0 radical (unpaired) electrons. The van der Waals surface area contributed by atoms with Crippen LogP contribution in [0.3, 0.4) is 0 Å². The SMILES string of the molecule is COC(=O)c1ccc2nc(NC(=S)NC(=O)c3ccc(Cl)cc3)sc2c1. The molecule has 0 aliphatic carbocycles. The Morgan fingerprint density at radius 1 is 1.15 bits per heavy atom. The number of ether oxygens (including phenoxy) is 1. The first-order valence-electron chi connectivity index (χ1n) is 7.33. The first-order chi connectivity index (χ1) is 12.5. The molecule has 0 saturated heterocycles. The third-order valence-electron chi connectivity index (χ3n) is 3.36. The van der Waals surface area contributed by atoms with Crippen LogP contribution in [-0.4, -0.2) is 29.1 Å². The highest BCUT2D eigenvalue weighted by molar-refractivity contribution is 7.80. The minimum absolute atomic E-state index is 0.122. The summed E-state index contributed by atoms with van der Waals surface area (Å²) in [6.45, 7) is 0. The Morgan fingerprint density at radius 3 is 2.54 bits per heavy atom. The number of thiazole rings is 1. The van der Waals surface area contributed by atoms with Crippen molar-refractivity contribution in [2.45, 2.75) is 0 Å². The van der Waals surface area contributed by atoms with Crippen molar-refractivity contribution in [3.63, 3.8) is 0 Å². The fourth-order valence-electron chi connectivity index (χ4n) is 2.13. The molecule has 3 aromatic rings. The Balaban J connectivity index is 1.69. The van der Waals surface area contributed by atoms with E-state index in [1.807, 2.05) is 0 Å². The maximum Gasteiger partial charge on any atom is 0.337 e. The minimum Gasteiger partial charge on any atom is -0.465 e. The fraction of sp³-hybridized carbons (Fsp3) is 0.0588. The number of anilines is 1. The number of esters is 1. The number of benzene rings is 2. The molecule has 26 heavy (non-hydrogen) atoms. The van der Waals surface area contributed by atoms with E-state index in [0.717, 1.165) is 4.70 Å². The first-order valence-corrected chi connectivity index (χ1v) is 8.93. The monoisotopic (exact) mass is 405 g/mol. The van der Waals surface area contributed by atoms with E-state index in [-0.39, 0.29) is 11.0 Å². The van der Waals surface area contributed by atoms with Gasteiger partial charge in [-0.15, -0.1) is 0 Å². The molecule has 0 atom stereocenters. The second-order valence-corrected chi connectivity index (χ2v) is 6.98. The van der Waals surface area contributed by atoms with Gasteiger partial charge in [-0.05, 0) is 54.7 Å². The number of fused-ring (bicyclic) bond motifs is 1. The van der Waals surface area contributed by atoms with E-state index < -0.39 is 5.97 Å². The van der Waals surface area contributed by atoms with E-state index in [1.165, 1.54) is 18.4 Å². The van der Waals surface area contributed by atoms with Crippen molar-refractivity contribution in [3.8, 4) is 0 Å². The zero-order chi connectivity index (χ0) is 18.7. The van der Waals surface area contributed by atoms with Crippen LogP contribution in [0, 0.1) is 0 Å². The molecule has 1 aromatic heterocycles. The molecule has 6 nitrogen and oxygen atoms in total. The number of carbonyl (C=O) groups excluding carboxylic acids is 2. The number of halogens is 1. The standard InChI is InChI=1S/C17H12ClN3O3S2/c1-24-15(23)10-4-7-12-13(8-10)26-17(19-12)21-16(25)20-14(22)9-2-5-11(18)6-3-9/h2-8H,1H3,(H2,19,20,21,22,25). The Hall–Kier alpha value is -2.55. The van der Waals surface area contributed by atoms with Crippen LogP contribution < -0.4 is 10.6 Å². The van der Waals surface area contributed by atoms with Gasteiger partial charge in [-0.25, -0.2) is 9.78 Å². The Bertz CT molecular complexity index is 1000. The highest BCUT2D eigenvalue weighted by Crippen LogP contribution is 2.27. The maximum absolute atomic E-state index is 12.1. The van der Waals surface area contributed by atoms with Gasteiger partial charge in [0.05, 0.1) is 22.9 Å². The lowest BCUT2D eigenvalue weighted by Gasteiger charge is -2.07. The summed E-state index contributed by atoms with van der Waals surface area (Å²) in [4.78, 5) is 28.1.